The minimum absolute atomic E-state index is 0.0717. The van der Waals surface area contributed by atoms with Gasteiger partial charge in [0, 0.05) is 17.0 Å². The van der Waals surface area contributed by atoms with Gasteiger partial charge in [0.05, 0.1) is 12.6 Å². The highest BCUT2D eigenvalue weighted by atomic mass is 19.3. The van der Waals surface area contributed by atoms with E-state index in [2.05, 4.69) is 4.98 Å². The lowest BCUT2D eigenvalue weighted by Gasteiger charge is -2.09. The number of ether oxygens (including phenoxy) is 1. The van der Waals surface area contributed by atoms with Crippen molar-refractivity contribution in [3.8, 4) is 5.75 Å². The molecule has 1 heterocycles. The Morgan fingerprint density at radius 1 is 1.06 bits per heavy atom. The predicted molar refractivity (Wildman–Crippen MR) is 58.2 cm³/mol. The Morgan fingerprint density at radius 2 is 1.78 bits per heavy atom. The topological polar surface area (TPSA) is 22.1 Å². The molecule has 2 nitrogen and oxygen atoms in total. The van der Waals surface area contributed by atoms with Crippen LogP contribution in [0.15, 0.2) is 24.3 Å². The lowest BCUT2D eigenvalue weighted by atomic mass is 10.1. The summed E-state index contributed by atoms with van der Waals surface area (Å²) < 4.78 is 55.7. The average Bonchev–Trinajstić information content (AvgIpc) is 2.36. The minimum atomic E-state index is -2.89. The molecule has 2 aromatic rings. The molecule has 0 unspecified atom stereocenters. The summed E-state index contributed by atoms with van der Waals surface area (Å²) in [7, 11) is 1.39. The summed E-state index contributed by atoms with van der Waals surface area (Å²) in [5.74, 6) is 0.377. The summed E-state index contributed by atoms with van der Waals surface area (Å²) in [6.07, 6.45) is -5.72. The van der Waals surface area contributed by atoms with Crippen molar-refractivity contribution in [3.05, 3.63) is 35.5 Å². The molecule has 0 bridgehead atoms. The molecule has 0 saturated carbocycles. The summed E-state index contributed by atoms with van der Waals surface area (Å²) in [6, 6.07) is 4.97. The first-order chi connectivity index (χ1) is 8.52. The second-order valence-electron chi connectivity index (χ2n) is 3.62. The van der Waals surface area contributed by atoms with Crippen LogP contribution in [0.25, 0.3) is 10.9 Å². The van der Waals surface area contributed by atoms with Crippen molar-refractivity contribution in [2.24, 2.45) is 0 Å². The quantitative estimate of drug-likeness (QED) is 0.773. The van der Waals surface area contributed by atoms with Crippen LogP contribution in [0.4, 0.5) is 17.6 Å². The van der Waals surface area contributed by atoms with Gasteiger partial charge < -0.3 is 4.74 Å². The van der Waals surface area contributed by atoms with E-state index in [0.29, 0.717) is 5.75 Å². The summed E-state index contributed by atoms with van der Waals surface area (Å²) >= 11 is 0. The summed E-state index contributed by atoms with van der Waals surface area (Å²) in [5.41, 5.74) is -1.04. The second-order valence-corrected chi connectivity index (χ2v) is 3.62. The van der Waals surface area contributed by atoms with E-state index in [0.717, 1.165) is 6.07 Å². The Labute approximate surface area is 100 Å². The zero-order chi connectivity index (χ0) is 13.3. The number of benzene rings is 1. The highest BCUT2D eigenvalue weighted by Crippen LogP contribution is 2.32. The summed E-state index contributed by atoms with van der Waals surface area (Å²) in [5, 5.41) is 0.148. The third-order valence-corrected chi connectivity index (χ3v) is 2.53. The number of halogens is 4. The lowest BCUT2D eigenvalue weighted by molar-refractivity contribution is 0.141. The number of aromatic nitrogens is 1. The maximum atomic E-state index is 12.8. The van der Waals surface area contributed by atoms with Crippen LogP contribution < -0.4 is 4.74 Å². The molecule has 0 aliphatic heterocycles. The molecule has 0 spiro atoms. The summed E-state index contributed by atoms with van der Waals surface area (Å²) in [6.45, 7) is 0. The average molecular weight is 259 g/mol. The highest BCUT2D eigenvalue weighted by Gasteiger charge is 2.18. The molecule has 0 aliphatic rings. The molecule has 0 N–H and O–H groups in total. The van der Waals surface area contributed by atoms with Crippen LogP contribution in [0.1, 0.15) is 24.1 Å². The Balaban J connectivity index is 2.72. The normalized spacial score (nSPS) is 11.5. The van der Waals surface area contributed by atoms with Crippen LogP contribution in [0.2, 0.25) is 0 Å². The summed E-state index contributed by atoms with van der Waals surface area (Å²) in [4.78, 5) is 3.66. The molecule has 2 rings (SSSR count). The number of alkyl halides is 4. The van der Waals surface area contributed by atoms with E-state index in [1.165, 1.54) is 25.3 Å². The fourth-order valence-electron chi connectivity index (χ4n) is 1.68. The molecule has 0 atom stereocenters. The molecular formula is C12H9F4NO. The largest absolute Gasteiger partial charge is 0.497 e. The molecule has 96 valence electrons. The standard InChI is InChI=1S/C12H9F4NO/c1-18-6-2-3-7-8(11(13)14)5-10(12(15)16)17-9(7)4-6/h2-5,11-12H,1H3. The van der Waals surface area contributed by atoms with Gasteiger partial charge in [-0.15, -0.1) is 0 Å². The predicted octanol–water partition coefficient (Wildman–Crippen LogP) is 4.12. The number of nitrogens with zero attached hydrogens (tertiary/aromatic N) is 1. The van der Waals surface area contributed by atoms with Crippen molar-refractivity contribution in [2.75, 3.05) is 7.11 Å². The number of rotatable bonds is 3. The molecule has 6 heteroatoms. The maximum Gasteiger partial charge on any atom is 0.280 e. The van der Waals surface area contributed by atoms with Gasteiger partial charge in [0.15, 0.2) is 0 Å². The SMILES string of the molecule is COc1ccc2c(C(F)F)cc(C(F)F)nc2c1. The van der Waals surface area contributed by atoms with Gasteiger partial charge in [0.1, 0.15) is 11.4 Å². The van der Waals surface area contributed by atoms with Crippen molar-refractivity contribution >= 4 is 10.9 Å². The van der Waals surface area contributed by atoms with E-state index in [4.69, 9.17) is 4.74 Å². The van der Waals surface area contributed by atoms with E-state index in [1.807, 2.05) is 0 Å². The van der Waals surface area contributed by atoms with Crippen LogP contribution in [0.3, 0.4) is 0 Å². The van der Waals surface area contributed by atoms with Gasteiger partial charge in [-0.05, 0) is 18.2 Å². The van der Waals surface area contributed by atoms with Gasteiger partial charge in [-0.1, -0.05) is 0 Å². The third kappa shape index (κ3) is 2.23. The molecule has 18 heavy (non-hydrogen) atoms. The van der Waals surface area contributed by atoms with E-state index in [-0.39, 0.29) is 10.9 Å². The first-order valence-corrected chi connectivity index (χ1v) is 5.08. The number of pyridine rings is 1. The third-order valence-electron chi connectivity index (χ3n) is 2.53. The lowest BCUT2D eigenvalue weighted by Crippen LogP contribution is -1.97. The maximum absolute atomic E-state index is 12.8. The van der Waals surface area contributed by atoms with Gasteiger partial charge in [-0.3, -0.25) is 0 Å². The van der Waals surface area contributed by atoms with Crippen LogP contribution in [0, 0.1) is 0 Å². The molecule has 0 saturated heterocycles. The van der Waals surface area contributed by atoms with E-state index >= 15 is 0 Å². The number of hydrogen-bond donors (Lipinski definition) is 0. The Hall–Kier alpha value is -1.85. The Kier molecular flexibility index (Phi) is 3.36. The van der Waals surface area contributed by atoms with E-state index in [9.17, 15) is 17.6 Å². The second kappa shape index (κ2) is 4.80. The number of hydrogen-bond acceptors (Lipinski definition) is 2. The fraction of sp³-hybridized carbons (Fsp3) is 0.250. The van der Waals surface area contributed by atoms with Gasteiger partial charge in [-0.2, -0.15) is 0 Å². The van der Waals surface area contributed by atoms with Crippen molar-refractivity contribution in [3.63, 3.8) is 0 Å². The van der Waals surface area contributed by atoms with Gasteiger partial charge in [-0.25, -0.2) is 22.5 Å². The van der Waals surface area contributed by atoms with Crippen molar-refractivity contribution in [1.29, 1.82) is 0 Å². The minimum Gasteiger partial charge on any atom is -0.497 e. The number of fused-ring (bicyclic) bond motifs is 1. The van der Waals surface area contributed by atoms with Crippen molar-refractivity contribution in [1.82, 2.24) is 4.98 Å². The first-order valence-electron chi connectivity index (χ1n) is 5.08. The zero-order valence-electron chi connectivity index (χ0n) is 9.33. The van der Waals surface area contributed by atoms with Crippen LogP contribution in [0.5, 0.6) is 5.75 Å². The molecule has 0 radical (unpaired) electrons. The van der Waals surface area contributed by atoms with Crippen LogP contribution in [-0.4, -0.2) is 12.1 Å². The zero-order valence-corrected chi connectivity index (χ0v) is 9.33. The van der Waals surface area contributed by atoms with Crippen molar-refractivity contribution < 1.29 is 22.3 Å². The monoisotopic (exact) mass is 259 g/mol. The molecule has 0 fully saturated rings. The fourth-order valence-corrected chi connectivity index (χ4v) is 1.68. The Morgan fingerprint density at radius 3 is 2.33 bits per heavy atom. The van der Waals surface area contributed by atoms with Crippen LogP contribution >= 0.6 is 0 Å². The van der Waals surface area contributed by atoms with Crippen molar-refractivity contribution in [2.45, 2.75) is 12.9 Å². The molecule has 0 aliphatic carbocycles. The smallest absolute Gasteiger partial charge is 0.280 e. The van der Waals surface area contributed by atoms with Crippen LogP contribution in [-0.2, 0) is 0 Å². The van der Waals surface area contributed by atoms with E-state index in [1.54, 1.807) is 0 Å². The van der Waals surface area contributed by atoms with Gasteiger partial charge >= 0.3 is 0 Å². The molecule has 0 amide bonds. The van der Waals surface area contributed by atoms with Gasteiger partial charge in [0.25, 0.3) is 12.9 Å². The Bertz CT molecular complexity index is 571. The highest BCUT2D eigenvalue weighted by molar-refractivity contribution is 5.84. The first kappa shape index (κ1) is 12.6. The van der Waals surface area contributed by atoms with E-state index < -0.39 is 24.1 Å². The molecule has 1 aromatic heterocycles. The molecule has 1 aromatic carbocycles. The number of methoxy groups -OCH3 is 1. The molecular weight excluding hydrogens is 250 g/mol. The van der Waals surface area contributed by atoms with Gasteiger partial charge in [0.2, 0.25) is 0 Å².